The molecule has 0 radical (unpaired) electrons. The van der Waals surface area contributed by atoms with Gasteiger partial charge in [0.2, 0.25) is 0 Å². The summed E-state index contributed by atoms with van der Waals surface area (Å²) in [5, 5.41) is 11.4. The molecule has 0 saturated carbocycles. The fraction of sp³-hybridized carbons (Fsp3) is 0.263. The van der Waals surface area contributed by atoms with Crippen molar-refractivity contribution in [1.29, 1.82) is 0 Å². The second-order valence-corrected chi connectivity index (χ2v) is 6.71. The fourth-order valence-corrected chi connectivity index (χ4v) is 3.57. The van der Waals surface area contributed by atoms with Crippen molar-refractivity contribution in [2.24, 2.45) is 7.05 Å². The molecule has 4 rings (SSSR count). The van der Waals surface area contributed by atoms with E-state index >= 15 is 0 Å². The van der Waals surface area contributed by atoms with E-state index in [0.29, 0.717) is 24.2 Å². The molecule has 1 aromatic heterocycles. The van der Waals surface area contributed by atoms with Crippen LogP contribution in [0.25, 0.3) is 21.8 Å². The zero-order valence-electron chi connectivity index (χ0n) is 14.4. The number of nitrogens with zero attached hydrogens (tertiary/aromatic N) is 3. The lowest BCUT2D eigenvalue weighted by molar-refractivity contribution is 0.0645. The van der Waals surface area contributed by atoms with Gasteiger partial charge in [-0.2, -0.15) is 0 Å². The molecule has 0 fully saturated rings. The van der Waals surface area contributed by atoms with Crippen LogP contribution in [-0.2, 0) is 7.05 Å². The Morgan fingerprint density at radius 1 is 1.04 bits per heavy atom. The third-order valence-corrected chi connectivity index (χ3v) is 4.86. The Labute approximate surface area is 144 Å². The highest BCUT2D eigenvalue weighted by molar-refractivity contribution is 6.30. The maximum Gasteiger partial charge on any atom is 0.262 e. The summed E-state index contributed by atoms with van der Waals surface area (Å²) in [6.07, 6.45) is 0. The van der Waals surface area contributed by atoms with Gasteiger partial charge in [0.15, 0.2) is 0 Å². The number of amides is 2. The zero-order chi connectivity index (χ0) is 17.9. The van der Waals surface area contributed by atoms with Crippen molar-refractivity contribution in [3.05, 3.63) is 41.5 Å². The Hall–Kier alpha value is -2.86. The largest absolute Gasteiger partial charge is 0.508 e. The van der Waals surface area contributed by atoms with Crippen molar-refractivity contribution in [1.82, 2.24) is 14.4 Å². The summed E-state index contributed by atoms with van der Waals surface area (Å²) < 4.78 is 1.98. The molecule has 0 atom stereocenters. The Kier molecular flexibility index (Phi) is 3.33. The molecule has 0 unspecified atom stereocenters. The molecule has 0 spiro atoms. The van der Waals surface area contributed by atoms with E-state index in [-0.39, 0.29) is 17.6 Å². The van der Waals surface area contributed by atoms with Gasteiger partial charge in [-0.25, -0.2) is 0 Å². The average molecular weight is 337 g/mol. The molecule has 0 aliphatic carbocycles. The molecule has 6 heteroatoms. The number of carbonyl (C=O) groups excluding carboxylic acids is 2. The van der Waals surface area contributed by atoms with Crippen molar-refractivity contribution >= 4 is 33.6 Å². The van der Waals surface area contributed by atoms with E-state index in [9.17, 15) is 14.7 Å². The molecule has 25 heavy (non-hydrogen) atoms. The second kappa shape index (κ2) is 5.32. The topological polar surface area (TPSA) is 65.8 Å². The normalized spacial score (nSPS) is 14.3. The molecular weight excluding hydrogens is 318 g/mol. The van der Waals surface area contributed by atoms with Crippen molar-refractivity contribution in [2.75, 3.05) is 27.2 Å². The van der Waals surface area contributed by atoms with Gasteiger partial charge >= 0.3 is 0 Å². The van der Waals surface area contributed by atoms with Crippen LogP contribution in [0.3, 0.4) is 0 Å². The molecule has 1 aliphatic heterocycles. The van der Waals surface area contributed by atoms with Crippen LogP contribution in [0.1, 0.15) is 20.7 Å². The van der Waals surface area contributed by atoms with Gasteiger partial charge in [-0.1, -0.05) is 0 Å². The van der Waals surface area contributed by atoms with Gasteiger partial charge in [0, 0.05) is 41.9 Å². The molecule has 2 amide bonds. The van der Waals surface area contributed by atoms with Gasteiger partial charge in [-0.05, 0) is 44.4 Å². The molecule has 2 aromatic carbocycles. The predicted octanol–water partition coefficient (Wildman–Crippen LogP) is 2.19. The first-order valence-corrected chi connectivity index (χ1v) is 8.15. The monoisotopic (exact) mass is 337 g/mol. The smallest absolute Gasteiger partial charge is 0.262 e. The standard InChI is InChI=1S/C19H19N3O3/c1-20(2)8-9-22-18(24)12-5-7-15-16(17(12)19(22)25)13-10-11(23)4-6-14(13)21(15)3/h4-7,10,23H,8-9H2,1-3H3. The molecule has 0 bridgehead atoms. The van der Waals surface area contributed by atoms with Crippen LogP contribution in [0, 0.1) is 0 Å². The molecular formula is C19H19N3O3. The SMILES string of the molecule is CN(C)CCN1C(=O)c2ccc3c(c2C1=O)c1cc(O)ccc1n3C. The van der Waals surface area contributed by atoms with Gasteiger partial charge in [0.1, 0.15) is 5.75 Å². The minimum Gasteiger partial charge on any atom is -0.508 e. The number of rotatable bonds is 3. The van der Waals surface area contributed by atoms with Crippen molar-refractivity contribution in [2.45, 2.75) is 0 Å². The minimum atomic E-state index is -0.261. The lowest BCUT2D eigenvalue weighted by Crippen LogP contribution is -2.35. The number of aromatic nitrogens is 1. The van der Waals surface area contributed by atoms with E-state index in [0.717, 1.165) is 21.8 Å². The highest BCUT2D eigenvalue weighted by Gasteiger charge is 2.37. The molecule has 128 valence electrons. The molecule has 2 heterocycles. The fourth-order valence-electron chi connectivity index (χ4n) is 3.57. The van der Waals surface area contributed by atoms with Gasteiger partial charge in [-0.3, -0.25) is 14.5 Å². The minimum absolute atomic E-state index is 0.138. The third-order valence-electron chi connectivity index (χ3n) is 4.86. The average Bonchev–Trinajstić information content (AvgIpc) is 2.98. The first-order valence-electron chi connectivity index (χ1n) is 8.15. The van der Waals surface area contributed by atoms with Crippen molar-refractivity contribution in [3.63, 3.8) is 0 Å². The van der Waals surface area contributed by atoms with Crippen LogP contribution in [0.5, 0.6) is 5.75 Å². The Balaban J connectivity index is 1.98. The van der Waals surface area contributed by atoms with E-state index in [2.05, 4.69) is 0 Å². The number of hydrogen-bond donors (Lipinski definition) is 1. The maximum atomic E-state index is 13.0. The van der Waals surface area contributed by atoms with Crippen LogP contribution in [0.2, 0.25) is 0 Å². The number of imide groups is 1. The highest BCUT2D eigenvalue weighted by atomic mass is 16.3. The summed E-state index contributed by atoms with van der Waals surface area (Å²) in [6.45, 7) is 0.974. The number of aromatic hydroxyl groups is 1. The van der Waals surface area contributed by atoms with Crippen LogP contribution in [0.15, 0.2) is 30.3 Å². The Morgan fingerprint density at radius 2 is 1.76 bits per heavy atom. The van der Waals surface area contributed by atoms with Crippen molar-refractivity contribution < 1.29 is 14.7 Å². The number of benzene rings is 2. The lowest BCUT2D eigenvalue weighted by atomic mass is 10.0. The number of phenolic OH excluding ortho intramolecular Hbond substituents is 1. The molecule has 6 nitrogen and oxygen atoms in total. The Morgan fingerprint density at radius 3 is 2.48 bits per heavy atom. The summed E-state index contributed by atoms with van der Waals surface area (Å²) in [7, 11) is 5.73. The lowest BCUT2D eigenvalue weighted by Gasteiger charge is -2.16. The van der Waals surface area contributed by atoms with Crippen molar-refractivity contribution in [3.8, 4) is 5.75 Å². The van der Waals surface area contributed by atoms with Gasteiger partial charge in [0.05, 0.1) is 11.1 Å². The first-order chi connectivity index (χ1) is 11.9. The number of carbonyl (C=O) groups is 2. The summed E-state index contributed by atoms with van der Waals surface area (Å²) in [6, 6.07) is 8.69. The number of aryl methyl sites for hydroxylation is 1. The van der Waals surface area contributed by atoms with E-state index in [1.165, 1.54) is 4.90 Å². The zero-order valence-corrected chi connectivity index (χ0v) is 14.4. The van der Waals surface area contributed by atoms with Gasteiger partial charge in [-0.15, -0.1) is 0 Å². The quantitative estimate of drug-likeness (QED) is 0.744. The highest BCUT2D eigenvalue weighted by Crippen LogP contribution is 2.37. The third kappa shape index (κ3) is 2.14. The van der Waals surface area contributed by atoms with Crippen LogP contribution >= 0.6 is 0 Å². The van der Waals surface area contributed by atoms with Crippen LogP contribution in [0.4, 0.5) is 0 Å². The molecule has 1 N–H and O–H groups in total. The van der Waals surface area contributed by atoms with Crippen LogP contribution < -0.4 is 0 Å². The van der Waals surface area contributed by atoms with E-state index in [1.807, 2.05) is 42.7 Å². The number of phenols is 1. The number of fused-ring (bicyclic) bond motifs is 5. The van der Waals surface area contributed by atoms with E-state index in [1.54, 1.807) is 18.2 Å². The predicted molar refractivity (Wildman–Crippen MR) is 96.0 cm³/mol. The maximum absolute atomic E-state index is 13.0. The number of hydrogen-bond acceptors (Lipinski definition) is 4. The molecule has 3 aromatic rings. The summed E-state index contributed by atoms with van der Waals surface area (Å²) in [5.74, 6) is -0.372. The van der Waals surface area contributed by atoms with Gasteiger partial charge < -0.3 is 14.6 Å². The summed E-state index contributed by atoms with van der Waals surface area (Å²) in [4.78, 5) is 28.9. The Bertz CT molecular complexity index is 1050. The summed E-state index contributed by atoms with van der Waals surface area (Å²) in [5.41, 5.74) is 2.66. The van der Waals surface area contributed by atoms with E-state index < -0.39 is 0 Å². The molecule has 0 saturated heterocycles. The first kappa shape index (κ1) is 15.7. The number of likely N-dealkylation sites (N-methyl/N-ethyl adjacent to an activating group) is 1. The second-order valence-electron chi connectivity index (χ2n) is 6.71. The van der Waals surface area contributed by atoms with E-state index in [4.69, 9.17) is 0 Å². The van der Waals surface area contributed by atoms with Gasteiger partial charge in [0.25, 0.3) is 11.8 Å². The summed E-state index contributed by atoms with van der Waals surface area (Å²) >= 11 is 0. The van der Waals surface area contributed by atoms with Crippen LogP contribution in [-0.4, -0.2) is 58.5 Å². The molecule has 1 aliphatic rings.